The molecule has 4 rings (SSSR count). The van der Waals surface area contributed by atoms with Crippen molar-refractivity contribution in [2.45, 2.75) is 33.2 Å². The number of ketones is 1. The smallest absolute Gasteiger partial charge is 0.295 e. The van der Waals surface area contributed by atoms with E-state index in [9.17, 15) is 14.7 Å². The molecule has 1 atom stereocenters. The molecule has 0 aromatic heterocycles. The summed E-state index contributed by atoms with van der Waals surface area (Å²) in [7, 11) is 3.93. The van der Waals surface area contributed by atoms with Crippen LogP contribution in [0.1, 0.15) is 43.0 Å². The van der Waals surface area contributed by atoms with Crippen LogP contribution < -0.4 is 9.47 Å². The molecule has 7 heteroatoms. The summed E-state index contributed by atoms with van der Waals surface area (Å²) in [4.78, 5) is 30.4. The Kier molecular flexibility index (Phi) is 9.27. The Bertz CT molecular complexity index is 1380. The summed E-state index contributed by atoms with van der Waals surface area (Å²) in [6.45, 7) is 7.75. The summed E-state index contributed by atoms with van der Waals surface area (Å²) in [5, 5.41) is 11.5. The second-order valence-electron chi connectivity index (χ2n) is 10.8. The number of rotatable bonds is 11. The van der Waals surface area contributed by atoms with Crippen LogP contribution in [0.15, 0.2) is 78.4 Å². The Labute approximate surface area is 236 Å². The van der Waals surface area contributed by atoms with Crippen LogP contribution in [0.2, 0.25) is 0 Å². The lowest BCUT2D eigenvalue weighted by molar-refractivity contribution is -0.139. The van der Waals surface area contributed by atoms with Gasteiger partial charge in [-0.2, -0.15) is 0 Å². The predicted octanol–water partition coefficient (Wildman–Crippen LogP) is 6.20. The first-order valence-electron chi connectivity index (χ1n) is 13.7. The Hall–Kier alpha value is -4.10. The average Bonchev–Trinajstić information content (AvgIpc) is 3.17. The number of hydrogen-bond donors (Lipinski definition) is 1. The molecule has 210 valence electrons. The monoisotopic (exact) mass is 542 g/mol. The van der Waals surface area contributed by atoms with Gasteiger partial charge < -0.3 is 24.4 Å². The lowest BCUT2D eigenvalue weighted by Gasteiger charge is -2.26. The molecule has 3 aromatic rings. The number of ether oxygens (including phenoxy) is 2. The van der Waals surface area contributed by atoms with Crippen molar-refractivity contribution in [3.8, 4) is 17.2 Å². The molecule has 1 fully saturated rings. The van der Waals surface area contributed by atoms with E-state index in [0.717, 1.165) is 17.9 Å². The second kappa shape index (κ2) is 12.8. The van der Waals surface area contributed by atoms with Crippen molar-refractivity contribution in [2.75, 3.05) is 33.8 Å². The van der Waals surface area contributed by atoms with Crippen molar-refractivity contribution >= 4 is 17.4 Å². The van der Waals surface area contributed by atoms with Crippen molar-refractivity contribution < 1.29 is 24.2 Å². The molecule has 7 nitrogen and oxygen atoms in total. The molecule has 0 unspecified atom stereocenters. The first-order valence-corrected chi connectivity index (χ1v) is 13.7. The largest absolute Gasteiger partial charge is 0.507 e. The zero-order chi connectivity index (χ0) is 28.8. The lowest BCUT2D eigenvalue weighted by Crippen LogP contribution is -2.32. The fourth-order valence-corrected chi connectivity index (χ4v) is 4.76. The number of likely N-dealkylation sites (tertiary alicyclic amines) is 1. The maximum Gasteiger partial charge on any atom is 0.295 e. The van der Waals surface area contributed by atoms with E-state index in [0.29, 0.717) is 48.1 Å². The number of nitrogens with zero attached hydrogens (tertiary/aromatic N) is 2. The maximum absolute atomic E-state index is 13.4. The number of aliphatic hydroxyl groups excluding tert-OH is 1. The number of carbonyl (C=O) groups excluding carboxylic acids is 2. The van der Waals surface area contributed by atoms with Crippen LogP contribution in [0.25, 0.3) is 5.76 Å². The van der Waals surface area contributed by atoms with Gasteiger partial charge in [-0.1, -0.05) is 44.2 Å². The number of carbonyl (C=O) groups is 2. The van der Waals surface area contributed by atoms with Gasteiger partial charge in [0.2, 0.25) is 0 Å². The van der Waals surface area contributed by atoms with E-state index in [1.807, 2.05) is 80.5 Å². The predicted molar refractivity (Wildman–Crippen MR) is 157 cm³/mol. The van der Waals surface area contributed by atoms with Gasteiger partial charge in [-0.25, -0.2) is 0 Å². The van der Waals surface area contributed by atoms with Crippen LogP contribution in [0.4, 0.5) is 0 Å². The first-order chi connectivity index (χ1) is 19.2. The van der Waals surface area contributed by atoms with Gasteiger partial charge in [0, 0.05) is 12.1 Å². The number of Topliss-reactive ketones (excluding diaryl/α,β-unsaturated/α-hetero) is 1. The molecule has 40 heavy (non-hydrogen) atoms. The summed E-state index contributed by atoms with van der Waals surface area (Å²) >= 11 is 0. The second-order valence-corrected chi connectivity index (χ2v) is 10.8. The Morgan fingerprint density at radius 2 is 1.70 bits per heavy atom. The molecule has 1 N–H and O–H groups in total. The minimum absolute atomic E-state index is 0.0713. The van der Waals surface area contributed by atoms with Gasteiger partial charge >= 0.3 is 0 Å². The van der Waals surface area contributed by atoms with Crippen LogP contribution in [-0.4, -0.2) is 60.4 Å². The molecule has 1 saturated heterocycles. The summed E-state index contributed by atoms with van der Waals surface area (Å²) in [6, 6.07) is 21.3. The summed E-state index contributed by atoms with van der Waals surface area (Å²) in [5.74, 6) is 0.827. The highest BCUT2D eigenvalue weighted by molar-refractivity contribution is 6.46. The number of aryl methyl sites for hydroxylation is 1. The fraction of sp³-hybridized carbons (Fsp3) is 0.333. The van der Waals surface area contributed by atoms with E-state index in [4.69, 9.17) is 9.47 Å². The van der Waals surface area contributed by atoms with Gasteiger partial charge in [0.15, 0.2) is 0 Å². The van der Waals surface area contributed by atoms with Gasteiger partial charge in [0.1, 0.15) is 23.0 Å². The van der Waals surface area contributed by atoms with Gasteiger partial charge in [-0.15, -0.1) is 0 Å². The molecule has 0 saturated carbocycles. The van der Waals surface area contributed by atoms with E-state index in [-0.39, 0.29) is 11.3 Å². The molecule has 1 aliphatic heterocycles. The molecule has 3 aromatic carbocycles. The average molecular weight is 543 g/mol. The third kappa shape index (κ3) is 6.72. The van der Waals surface area contributed by atoms with Crippen molar-refractivity contribution in [3.05, 3.63) is 95.1 Å². The molecule has 1 heterocycles. The summed E-state index contributed by atoms with van der Waals surface area (Å²) in [5.41, 5.74) is 2.05. The third-order valence-electron chi connectivity index (χ3n) is 6.72. The van der Waals surface area contributed by atoms with Crippen LogP contribution >= 0.6 is 0 Å². The highest BCUT2D eigenvalue weighted by atomic mass is 16.5. The van der Waals surface area contributed by atoms with Gasteiger partial charge in [0.05, 0.1) is 18.2 Å². The van der Waals surface area contributed by atoms with Crippen LogP contribution in [0.3, 0.4) is 0 Å². The Morgan fingerprint density at radius 3 is 2.38 bits per heavy atom. The Balaban J connectivity index is 1.75. The van der Waals surface area contributed by atoms with Crippen LogP contribution in [-0.2, 0) is 9.59 Å². The fourth-order valence-electron chi connectivity index (χ4n) is 4.76. The van der Waals surface area contributed by atoms with Gasteiger partial charge in [-0.3, -0.25) is 9.59 Å². The molecular weight excluding hydrogens is 504 g/mol. The zero-order valence-corrected chi connectivity index (χ0v) is 23.9. The van der Waals surface area contributed by atoms with Crippen LogP contribution in [0.5, 0.6) is 17.2 Å². The normalized spacial score (nSPS) is 16.7. The zero-order valence-electron chi connectivity index (χ0n) is 23.9. The summed E-state index contributed by atoms with van der Waals surface area (Å²) < 4.78 is 11.9. The maximum atomic E-state index is 13.4. The van der Waals surface area contributed by atoms with Crippen molar-refractivity contribution in [1.29, 1.82) is 0 Å². The topological polar surface area (TPSA) is 79.3 Å². The molecule has 0 radical (unpaired) electrons. The van der Waals surface area contributed by atoms with E-state index in [2.05, 4.69) is 13.8 Å². The number of hydrogen-bond acceptors (Lipinski definition) is 6. The number of para-hydroxylation sites is 1. The number of benzene rings is 3. The molecule has 0 spiro atoms. The summed E-state index contributed by atoms with van der Waals surface area (Å²) in [6.07, 6.45) is 0.678. The standard InChI is InChI=1S/C33H38N2O5/c1-22(2)21-39-28-16-15-25(19-23(28)3)31(36)29-30(35(33(38)32(29)37)18-10-17-34(4)5)24-11-9-14-27(20-24)40-26-12-7-6-8-13-26/h6-9,11-16,19-20,22,30,36H,10,17-18,21H2,1-5H3/t30-/m1/s1. The number of aliphatic hydroxyl groups is 1. The quantitative estimate of drug-likeness (QED) is 0.177. The molecular formula is C33H38N2O5. The van der Waals surface area contributed by atoms with E-state index < -0.39 is 17.7 Å². The van der Waals surface area contributed by atoms with E-state index >= 15 is 0 Å². The number of amides is 1. The van der Waals surface area contributed by atoms with E-state index in [1.165, 1.54) is 0 Å². The molecule has 1 amide bonds. The van der Waals surface area contributed by atoms with E-state index in [1.54, 1.807) is 23.1 Å². The molecule has 0 aliphatic carbocycles. The Morgan fingerprint density at radius 1 is 0.975 bits per heavy atom. The van der Waals surface area contributed by atoms with Crippen molar-refractivity contribution in [2.24, 2.45) is 5.92 Å². The minimum atomic E-state index is -0.751. The first kappa shape index (κ1) is 28.9. The highest BCUT2D eigenvalue weighted by Crippen LogP contribution is 2.41. The SMILES string of the molecule is Cc1cc(C(O)=C2C(=O)C(=O)N(CCCN(C)C)[C@@H]2c2cccc(Oc3ccccc3)c2)ccc1OCC(C)C. The van der Waals surface area contributed by atoms with Gasteiger partial charge in [0.25, 0.3) is 11.7 Å². The molecule has 1 aliphatic rings. The third-order valence-corrected chi connectivity index (χ3v) is 6.72. The highest BCUT2D eigenvalue weighted by Gasteiger charge is 2.46. The van der Waals surface area contributed by atoms with Crippen molar-refractivity contribution in [1.82, 2.24) is 9.80 Å². The van der Waals surface area contributed by atoms with Crippen molar-refractivity contribution in [3.63, 3.8) is 0 Å². The molecule has 0 bridgehead atoms. The lowest BCUT2D eigenvalue weighted by atomic mass is 9.94. The minimum Gasteiger partial charge on any atom is -0.507 e. The van der Waals surface area contributed by atoms with Gasteiger partial charge in [-0.05, 0) is 93.5 Å². The van der Waals surface area contributed by atoms with Crippen LogP contribution in [0, 0.1) is 12.8 Å².